The smallest absolute Gasteiger partial charge is 1.00 e. The number of amides is 10. The van der Waals surface area contributed by atoms with Crippen molar-refractivity contribution in [1.82, 2.24) is 40.4 Å². The number of hydrogen-bond acceptors (Lipinski definition) is 36. The van der Waals surface area contributed by atoms with Gasteiger partial charge in [-0.2, -0.15) is 0 Å². The average Bonchev–Trinajstić information content (AvgIpc) is 1.64. The number of hydrogen-bond donors (Lipinski definition) is 9. The zero-order chi connectivity index (χ0) is 109. The molecule has 43 nitrogen and oxygen atoms in total. The molecule has 0 radical (unpaired) electrons. The number of rotatable bonds is 39. The summed E-state index contributed by atoms with van der Waals surface area (Å²) in [5.41, 5.74) is 4.87. The minimum atomic E-state index is -1.06. The largest absolute Gasteiger partial charge is 1.00 e. The van der Waals surface area contributed by atoms with E-state index in [4.69, 9.17) is 95.6 Å². The van der Waals surface area contributed by atoms with Gasteiger partial charge in [0.25, 0.3) is 30.1 Å². The van der Waals surface area contributed by atoms with Gasteiger partial charge in [0.15, 0.2) is 17.4 Å². The van der Waals surface area contributed by atoms with Gasteiger partial charge in [-0.3, -0.25) is 43.0 Å². The monoisotopic (exact) mass is 2090 g/mol. The number of nitrogens with zero attached hydrogens (tertiary/aromatic N) is 6. The van der Waals surface area contributed by atoms with Crippen molar-refractivity contribution in [3.8, 4) is 0 Å². The number of nitrogens with two attached hydrogens (primary N) is 1. The maximum atomic E-state index is 12.2. The molecule has 4 heterocycles. The first-order valence-electron chi connectivity index (χ1n) is 46.5. The molecule has 820 valence electrons. The van der Waals surface area contributed by atoms with Crippen LogP contribution in [0.4, 0.5) is 28.4 Å². The summed E-state index contributed by atoms with van der Waals surface area (Å²) in [6, 6.07) is 20.3. The van der Waals surface area contributed by atoms with Crippen LogP contribution in [0.2, 0.25) is 0 Å². The molecule has 47 heteroatoms. The van der Waals surface area contributed by atoms with Crippen molar-refractivity contribution in [2.24, 2.45) is 5.73 Å². The van der Waals surface area contributed by atoms with Crippen molar-refractivity contribution < 1.29 is 238 Å². The fraction of sp³-hybridized carbons (Fsp3) is 0.677. The molecule has 0 aromatic heterocycles. The Balaban J connectivity index is -0.000000137. The number of fused-ring (bicyclic) bond motifs is 3. The van der Waals surface area contributed by atoms with Crippen LogP contribution in [0, 0.1) is 0 Å². The summed E-state index contributed by atoms with van der Waals surface area (Å²) in [5.74, 6) is -1.90. The topological polar surface area (TPSA) is 554 Å². The number of halogens is 1. The first-order chi connectivity index (χ1) is 66.5. The Morgan fingerprint density at radius 1 is 0.483 bits per heavy atom. The summed E-state index contributed by atoms with van der Waals surface area (Å²) in [4.78, 5) is 152. The SMILES string of the molecule is C.C1CCOC1.CC(C)(C)OC(=O)OC(=O)OC(C)(C)C.CCCOCCN(C)C(=O)OC(C)(C)C.CCOC=O.CN(CCOCCN1C(=O)c2ccccc2C1=O)C(=O)OC(C)(C)C.CN(CCOCCO)C(=O)OC(C)(C)C.CNCCOCCN1C(=O)c2ccccc2C1=O.CNCCOCCO.CO.NCCOCCO.O=C1[N-]C(=O)c2ccccc21.O=CNCCOCCO.[2H]CC.[2H]CF.[AlH3].[H-].[K+].[Li+]. The van der Waals surface area contributed by atoms with Gasteiger partial charge in [-0.05, 0) is 168 Å². The van der Waals surface area contributed by atoms with Gasteiger partial charge in [0.05, 0.1) is 175 Å². The van der Waals surface area contributed by atoms with Gasteiger partial charge in [-0.1, -0.05) is 76.7 Å². The number of nitrogens with one attached hydrogen (secondary N) is 3. The number of alkyl halides is 1. The van der Waals surface area contributed by atoms with Crippen LogP contribution in [0.25, 0.3) is 5.32 Å². The minimum absolute atomic E-state index is 0. The van der Waals surface area contributed by atoms with Crippen molar-refractivity contribution in [1.29, 1.82) is 0 Å². The fourth-order valence-corrected chi connectivity index (χ4v) is 9.09. The Labute approximate surface area is 918 Å². The minimum Gasteiger partial charge on any atom is -1.00 e. The standard InChI is InChI=1S/C18H24N2O5.C13H16N2O3.C11H23NO3.C10H21NO4.C10H18O5.C8H5NO2.C5H11NO3.C5H13NO2.C4H11NO2.C4H8O.C3H6O2.C2H6.CH3F.CH4O.CH4.Al.K.Li.4H/c1-18(2,3)25-17(23)19(4)9-11-24-12-10-20-15(21)13-7-5-6-8-14(13)16(20)22;1-14-6-8-18-9-7-15-12(16)10-4-2-3-5-11(10)13(15)17;1-6-8-14-9-7-12(5)10(13)15-11(2,3)4;1-10(2,3)15-9(13)11(4)5-7-14-8-6-12;1-9(2,3)14-7(11)13-8(12)15-10(4,5)6;10-7-5-3-1-2-4-6(5)8(11)9-7;7-2-4-9-3-1-6-5-8;1-6-2-4-8-5-3-7;5-1-3-7-4-2-6;1-2-4-5-3-1;1-2-5-3-4;3*1-2;;;;;;;;/h5-8H,9-12H2,1-4H3;2-5,14H,6-9H2,1H3;6-9H2,1-5H3;12H,5-8H2,1-4H3;1-6H3;1-4H,(H,9,10,11);5,7H,1-4H2,(H,6,8);6-7H,2-5H2,1H3;6H,1-5H2;1-4H2;3H,2H2,1H3;1-2H3;1H3;2H,1H3;1H4;;;;;;;/q;;;;;;;;;;;;;;;;2*+1;;;;-1/p-1/i;;;;;;;;;;;2*1D;;;;;;;;;. The summed E-state index contributed by atoms with van der Waals surface area (Å²) < 4.78 is 95.7. The molecule has 0 unspecified atom stereocenters. The van der Waals surface area contributed by atoms with E-state index in [1.54, 1.807) is 170 Å². The summed E-state index contributed by atoms with van der Waals surface area (Å²) in [6.45, 7) is 46.5. The maximum Gasteiger partial charge on any atom is 1.00 e. The Hall–Kier alpha value is -7.37. The predicted molar refractivity (Wildman–Crippen MR) is 540 cm³/mol. The van der Waals surface area contributed by atoms with Crippen molar-refractivity contribution in [2.45, 2.75) is 186 Å². The Morgan fingerprint density at radius 3 is 0.986 bits per heavy atom. The van der Waals surface area contributed by atoms with E-state index < -0.39 is 65.4 Å². The van der Waals surface area contributed by atoms with Gasteiger partial charge >= 0.3 is 101 Å². The van der Waals surface area contributed by atoms with Crippen LogP contribution in [0.3, 0.4) is 0 Å². The number of aliphatic hydroxyl groups is 5. The Kier molecular flexibility index (Phi) is 108. The number of likely N-dealkylation sites (N-methyl/N-ethyl adjacent to an activating group) is 5. The van der Waals surface area contributed by atoms with Gasteiger partial charge in [-0.25, -0.2) is 24.0 Å². The number of aliphatic hydroxyl groups excluding tert-OH is 5. The predicted octanol–water partition coefficient (Wildman–Crippen LogP) is 2.73. The van der Waals surface area contributed by atoms with E-state index in [-0.39, 0.29) is 172 Å². The molecule has 4 aliphatic heterocycles. The number of benzene rings is 3. The third-order valence-corrected chi connectivity index (χ3v) is 15.1. The second kappa shape index (κ2) is 101. The molecule has 1 fully saturated rings. The third kappa shape index (κ3) is 92.9. The molecule has 10 N–H and O–H groups in total. The zero-order valence-corrected chi connectivity index (χ0v) is 91.8. The first-order valence-corrected chi connectivity index (χ1v) is 45.1. The maximum absolute atomic E-state index is 12.2. The molecular weight excluding hydrogens is 1910 g/mol. The van der Waals surface area contributed by atoms with Gasteiger partial charge in [0.2, 0.25) is 6.41 Å². The first kappa shape index (κ1) is 153. The molecule has 0 aliphatic carbocycles. The second-order valence-electron chi connectivity index (χ2n) is 32.7. The van der Waals surface area contributed by atoms with E-state index in [1.165, 1.54) is 37.3 Å². The van der Waals surface area contributed by atoms with Crippen LogP contribution in [0.15, 0.2) is 72.8 Å². The van der Waals surface area contributed by atoms with Gasteiger partial charge in [-0.15, -0.1) is 0 Å². The van der Waals surface area contributed by atoms with E-state index in [1.807, 2.05) is 55.6 Å². The number of carbonyl (C=O) groups excluding carboxylic acids is 13. The van der Waals surface area contributed by atoms with Crippen LogP contribution >= 0.6 is 0 Å². The summed E-state index contributed by atoms with van der Waals surface area (Å²) in [7, 11) is 8.69. The fourth-order valence-electron chi connectivity index (χ4n) is 9.09. The molecule has 0 atom stereocenters. The summed E-state index contributed by atoms with van der Waals surface area (Å²) in [5, 5.41) is 51.6. The van der Waals surface area contributed by atoms with Crippen LogP contribution in [0.5, 0.6) is 0 Å². The third-order valence-electron chi connectivity index (χ3n) is 15.1. The molecule has 10 amide bonds. The van der Waals surface area contributed by atoms with E-state index in [0.717, 1.165) is 46.4 Å². The summed E-state index contributed by atoms with van der Waals surface area (Å²) in [6.07, 6.45) is 0.959. The average molecular weight is 2090 g/mol. The van der Waals surface area contributed by atoms with E-state index >= 15 is 0 Å². The molecule has 143 heavy (non-hydrogen) atoms. The second-order valence-corrected chi connectivity index (χ2v) is 32.7. The van der Waals surface area contributed by atoms with Gasteiger partial charge in [0, 0.05) is 106 Å². The summed E-state index contributed by atoms with van der Waals surface area (Å²) >= 11 is 0. The van der Waals surface area contributed by atoms with Crippen molar-refractivity contribution in [2.75, 3.05) is 247 Å². The number of ether oxygens (including phenoxy) is 15. The molecule has 0 bridgehead atoms. The van der Waals surface area contributed by atoms with Crippen LogP contribution in [-0.2, 0) is 80.6 Å². The number of carbonyl (C=O) groups is 13. The van der Waals surface area contributed by atoms with Gasteiger partial charge < -0.3 is 149 Å². The van der Waals surface area contributed by atoms with E-state index in [2.05, 4.69) is 37.7 Å². The zero-order valence-electron chi connectivity index (χ0n) is 91.6. The van der Waals surface area contributed by atoms with Crippen molar-refractivity contribution in [3.05, 3.63) is 111 Å². The van der Waals surface area contributed by atoms with Crippen LogP contribution in [-0.4, -0.2) is 421 Å². The molecule has 7 rings (SSSR count). The quantitative estimate of drug-likeness (QED) is 0.00754. The molecule has 1 saturated heterocycles. The normalized spacial score (nSPS) is 11.9. The van der Waals surface area contributed by atoms with Crippen molar-refractivity contribution in [3.63, 3.8) is 0 Å². The van der Waals surface area contributed by atoms with E-state index in [9.17, 15) is 66.7 Å². The Bertz CT molecular complexity index is 3600. The molecule has 0 spiro atoms. The van der Waals surface area contributed by atoms with Crippen LogP contribution in [0.1, 0.15) is 225 Å². The Morgan fingerprint density at radius 2 is 0.748 bits per heavy atom. The molecular formula is C96H176AlFKLiN10O33. The number of imide groups is 3. The van der Waals surface area contributed by atoms with Gasteiger partial charge in [0.1, 0.15) is 28.0 Å². The molecule has 4 aliphatic rings. The molecule has 3 aromatic carbocycles. The molecule has 0 saturated carbocycles. The van der Waals surface area contributed by atoms with Crippen LogP contribution < -0.4 is 91.9 Å². The van der Waals surface area contributed by atoms with Crippen molar-refractivity contribution >= 4 is 96.3 Å². The molecule has 3 aromatic rings. The van der Waals surface area contributed by atoms with E-state index in [0.29, 0.717) is 178 Å².